The number of thioether (sulfide) groups is 1. The summed E-state index contributed by atoms with van der Waals surface area (Å²) in [6, 6.07) is -0.983. The van der Waals surface area contributed by atoms with Gasteiger partial charge in [0, 0.05) is 51.6 Å². The minimum absolute atomic E-state index is 0.00857. The number of imide groups is 1. The van der Waals surface area contributed by atoms with Crippen LogP contribution < -0.4 is 21.3 Å². The third kappa shape index (κ3) is 13.6. The van der Waals surface area contributed by atoms with Crippen molar-refractivity contribution in [2.75, 3.05) is 45.5 Å². The summed E-state index contributed by atoms with van der Waals surface area (Å²) in [5.74, 6) is -4.45. The molecule has 0 aliphatic carbocycles. The molecule has 1 heterocycles. The predicted octanol–water partition coefficient (Wildman–Crippen LogP) is -2.61. The number of hydrogen-bond acceptors (Lipinski definition) is 10. The third-order valence-electron chi connectivity index (χ3n) is 6.09. The minimum Gasteiger partial charge on any atom is -0.480 e. The molecule has 7 amide bonds. The monoisotopic (exact) mass is 614 g/mol. The van der Waals surface area contributed by atoms with Crippen LogP contribution in [0.5, 0.6) is 0 Å². The molecule has 17 heteroatoms. The zero-order chi connectivity index (χ0) is 31.8. The first-order valence-electron chi connectivity index (χ1n) is 13.2. The fraction of sp³-hybridized carbons (Fsp3) is 0.640. The number of amides is 7. The molecule has 1 saturated heterocycles. The first kappa shape index (κ1) is 36.0. The van der Waals surface area contributed by atoms with E-state index in [1.165, 1.54) is 20.9 Å². The molecule has 234 valence electrons. The van der Waals surface area contributed by atoms with Crippen molar-refractivity contribution in [2.45, 2.75) is 57.2 Å². The normalized spacial score (nSPS) is 15.0. The van der Waals surface area contributed by atoms with Crippen LogP contribution in [-0.4, -0.2) is 125 Å². The number of ketones is 1. The molecule has 16 nitrogen and oxygen atoms in total. The van der Waals surface area contributed by atoms with E-state index in [1.54, 1.807) is 0 Å². The fourth-order valence-electron chi connectivity index (χ4n) is 3.45. The SMILES string of the molecule is CC(=O)CCNC(=O)CNC(=O)CNC(=O)CNC(=O)CCCN1C(=O)CC(SCCC(=O)N(C)C(C)C(=O)O)C1=O. The van der Waals surface area contributed by atoms with Gasteiger partial charge in [-0.25, -0.2) is 4.79 Å². The van der Waals surface area contributed by atoms with E-state index in [2.05, 4.69) is 21.3 Å². The second-order valence-electron chi connectivity index (χ2n) is 9.45. The van der Waals surface area contributed by atoms with Crippen molar-refractivity contribution < 1.29 is 48.3 Å². The zero-order valence-corrected chi connectivity index (χ0v) is 24.7. The lowest BCUT2D eigenvalue weighted by atomic mass is 10.3. The van der Waals surface area contributed by atoms with Crippen molar-refractivity contribution in [1.29, 1.82) is 0 Å². The van der Waals surface area contributed by atoms with Crippen LogP contribution in [0, 0.1) is 0 Å². The van der Waals surface area contributed by atoms with Crippen molar-refractivity contribution in [3.05, 3.63) is 0 Å². The summed E-state index contributed by atoms with van der Waals surface area (Å²) >= 11 is 1.14. The molecule has 1 rings (SSSR count). The molecule has 0 spiro atoms. The highest BCUT2D eigenvalue weighted by molar-refractivity contribution is 8.00. The quantitative estimate of drug-likeness (QED) is 0.0947. The first-order valence-corrected chi connectivity index (χ1v) is 14.3. The van der Waals surface area contributed by atoms with Gasteiger partial charge in [-0.05, 0) is 20.3 Å². The van der Waals surface area contributed by atoms with E-state index < -0.39 is 71.7 Å². The second-order valence-corrected chi connectivity index (χ2v) is 10.8. The van der Waals surface area contributed by atoms with Crippen molar-refractivity contribution in [1.82, 2.24) is 31.1 Å². The molecular weight excluding hydrogens is 576 g/mol. The number of likely N-dealkylation sites (N-methyl/N-ethyl adjacent to an activating group) is 1. The average Bonchev–Trinajstić information content (AvgIpc) is 3.20. The summed E-state index contributed by atoms with van der Waals surface area (Å²) < 4.78 is 0. The summed E-state index contributed by atoms with van der Waals surface area (Å²) in [6.07, 6.45) is 0.246. The molecule has 0 bridgehead atoms. The largest absolute Gasteiger partial charge is 0.480 e. The topological polar surface area (TPSA) is 228 Å². The summed E-state index contributed by atoms with van der Waals surface area (Å²) in [5, 5.41) is 17.7. The molecule has 0 aromatic rings. The molecule has 0 aromatic heterocycles. The van der Waals surface area contributed by atoms with Gasteiger partial charge in [-0.3, -0.25) is 43.3 Å². The van der Waals surface area contributed by atoms with Crippen LogP contribution in [0.25, 0.3) is 0 Å². The Morgan fingerprint density at radius 1 is 0.905 bits per heavy atom. The Bertz CT molecular complexity index is 1070. The Hall–Kier alpha value is -4.02. The maximum absolute atomic E-state index is 12.6. The average molecular weight is 615 g/mol. The summed E-state index contributed by atoms with van der Waals surface area (Å²) in [6.45, 7) is 1.79. The number of carbonyl (C=O) groups excluding carboxylic acids is 8. The van der Waals surface area contributed by atoms with E-state index >= 15 is 0 Å². The lowest BCUT2D eigenvalue weighted by Crippen LogP contribution is -2.44. The molecule has 1 aliphatic rings. The summed E-state index contributed by atoms with van der Waals surface area (Å²) in [7, 11) is 1.38. The molecule has 0 radical (unpaired) electrons. The van der Waals surface area contributed by atoms with E-state index in [1.807, 2.05) is 0 Å². The molecule has 0 aromatic carbocycles. The van der Waals surface area contributed by atoms with Gasteiger partial charge in [-0.1, -0.05) is 0 Å². The fourth-order valence-corrected chi connectivity index (χ4v) is 4.56. The highest BCUT2D eigenvalue weighted by Gasteiger charge is 2.38. The van der Waals surface area contributed by atoms with E-state index in [4.69, 9.17) is 5.11 Å². The van der Waals surface area contributed by atoms with Crippen LogP contribution in [0.15, 0.2) is 0 Å². The number of Topliss-reactive ketones (excluding diaryl/α,β-unsaturated/α-hetero) is 1. The van der Waals surface area contributed by atoms with Gasteiger partial charge in [0.25, 0.3) is 0 Å². The summed E-state index contributed by atoms with van der Waals surface area (Å²) in [4.78, 5) is 108. The predicted molar refractivity (Wildman–Crippen MR) is 149 cm³/mol. The van der Waals surface area contributed by atoms with E-state index in [-0.39, 0.29) is 63.3 Å². The van der Waals surface area contributed by atoms with Crippen molar-refractivity contribution in [3.8, 4) is 0 Å². The van der Waals surface area contributed by atoms with Crippen LogP contribution in [0.4, 0.5) is 0 Å². The van der Waals surface area contributed by atoms with Crippen LogP contribution >= 0.6 is 11.8 Å². The molecule has 2 atom stereocenters. The van der Waals surface area contributed by atoms with Gasteiger partial charge in [0.2, 0.25) is 41.4 Å². The zero-order valence-electron chi connectivity index (χ0n) is 23.9. The van der Waals surface area contributed by atoms with Gasteiger partial charge < -0.3 is 31.3 Å². The van der Waals surface area contributed by atoms with Crippen molar-refractivity contribution in [3.63, 3.8) is 0 Å². The van der Waals surface area contributed by atoms with E-state index in [0.717, 1.165) is 21.6 Å². The summed E-state index contributed by atoms with van der Waals surface area (Å²) in [5.41, 5.74) is 0. The lowest BCUT2D eigenvalue weighted by molar-refractivity contribution is -0.148. The molecular formula is C25H38N6O10S. The molecule has 2 unspecified atom stereocenters. The number of rotatable bonds is 19. The number of carboxylic acid groups (broad SMARTS) is 1. The van der Waals surface area contributed by atoms with Gasteiger partial charge in [-0.15, -0.1) is 11.8 Å². The van der Waals surface area contributed by atoms with Gasteiger partial charge in [0.15, 0.2) is 0 Å². The van der Waals surface area contributed by atoms with Crippen LogP contribution in [0.3, 0.4) is 0 Å². The Kier molecular flexibility index (Phi) is 15.8. The maximum Gasteiger partial charge on any atom is 0.326 e. The molecule has 5 N–H and O–H groups in total. The standard InChI is InChI=1S/C25H38N6O10S/c1-15(32)6-8-26-19(34)12-28-21(36)14-29-20(35)13-27-18(33)5-4-9-31-23(38)11-17(24(31)39)42-10-7-22(37)30(3)16(2)25(40)41/h16-17H,4-14H2,1-3H3,(H,26,34)(H,27,33)(H,28,36)(H,29,35)(H,40,41). The van der Waals surface area contributed by atoms with Gasteiger partial charge in [-0.2, -0.15) is 0 Å². The minimum atomic E-state index is -1.13. The van der Waals surface area contributed by atoms with Gasteiger partial charge in [0.05, 0.1) is 24.9 Å². The number of carbonyl (C=O) groups is 9. The van der Waals surface area contributed by atoms with Crippen LogP contribution in [-0.2, 0) is 43.2 Å². The number of nitrogens with zero attached hydrogens (tertiary/aromatic N) is 2. The Morgan fingerprint density at radius 2 is 1.45 bits per heavy atom. The van der Waals surface area contributed by atoms with Crippen molar-refractivity contribution in [2.24, 2.45) is 0 Å². The smallest absolute Gasteiger partial charge is 0.326 e. The van der Waals surface area contributed by atoms with Crippen LogP contribution in [0.2, 0.25) is 0 Å². The number of nitrogens with one attached hydrogen (secondary N) is 4. The molecule has 42 heavy (non-hydrogen) atoms. The molecule has 1 fully saturated rings. The highest BCUT2D eigenvalue weighted by Crippen LogP contribution is 2.26. The van der Waals surface area contributed by atoms with Gasteiger partial charge >= 0.3 is 5.97 Å². The highest BCUT2D eigenvalue weighted by atomic mass is 32.2. The van der Waals surface area contributed by atoms with E-state index in [0.29, 0.717) is 0 Å². The number of likely N-dealkylation sites (tertiary alicyclic amines) is 1. The second kappa shape index (κ2) is 18.4. The first-order chi connectivity index (χ1) is 19.7. The maximum atomic E-state index is 12.6. The molecule has 1 aliphatic heterocycles. The van der Waals surface area contributed by atoms with Gasteiger partial charge in [0.1, 0.15) is 11.8 Å². The van der Waals surface area contributed by atoms with Crippen LogP contribution in [0.1, 0.15) is 46.0 Å². The number of aliphatic carboxylic acids is 1. The third-order valence-corrected chi connectivity index (χ3v) is 7.30. The van der Waals surface area contributed by atoms with Crippen molar-refractivity contribution >= 4 is 64.9 Å². The number of hydrogen-bond donors (Lipinski definition) is 5. The van der Waals surface area contributed by atoms with E-state index in [9.17, 15) is 43.2 Å². The molecule has 0 saturated carbocycles. The Labute approximate surface area is 247 Å². The number of carboxylic acids is 1. The lowest BCUT2D eigenvalue weighted by Gasteiger charge is -2.21. The Balaban J connectivity index is 2.24. The Morgan fingerprint density at radius 3 is 2.00 bits per heavy atom.